The number of allylic oxidation sites excluding steroid dienone is 3. The second-order valence-electron chi connectivity index (χ2n) is 2.99. The van der Waals surface area contributed by atoms with Gasteiger partial charge in [-0.1, -0.05) is 12.2 Å². The summed E-state index contributed by atoms with van der Waals surface area (Å²) in [7, 11) is 0. The quantitative estimate of drug-likeness (QED) is 0.613. The van der Waals surface area contributed by atoms with Gasteiger partial charge in [-0.2, -0.15) is 0 Å². The van der Waals surface area contributed by atoms with E-state index in [1.165, 1.54) is 29.1 Å². The lowest BCUT2D eigenvalue weighted by Gasteiger charge is -2.16. The molecule has 0 aromatic carbocycles. The smallest absolute Gasteiger partial charge is 0.0328 e. The van der Waals surface area contributed by atoms with Crippen LogP contribution in [0, 0.1) is 0 Å². The highest BCUT2D eigenvalue weighted by molar-refractivity contribution is 8.03. The van der Waals surface area contributed by atoms with Crippen LogP contribution in [0.5, 0.6) is 0 Å². The Bertz CT molecular complexity index is 225. The van der Waals surface area contributed by atoms with Gasteiger partial charge >= 0.3 is 0 Å². The van der Waals surface area contributed by atoms with Crippen LogP contribution in [0.25, 0.3) is 0 Å². The molecule has 2 heterocycles. The molecule has 0 aliphatic carbocycles. The molecule has 0 saturated heterocycles. The van der Waals surface area contributed by atoms with Crippen molar-refractivity contribution in [3.63, 3.8) is 0 Å². The minimum Gasteiger partial charge on any atom is -0.387 e. The van der Waals surface area contributed by atoms with Crippen molar-refractivity contribution in [2.75, 3.05) is 12.3 Å². The molecule has 2 aliphatic heterocycles. The van der Waals surface area contributed by atoms with Gasteiger partial charge in [0.25, 0.3) is 0 Å². The van der Waals surface area contributed by atoms with Crippen molar-refractivity contribution < 1.29 is 0 Å². The topological polar surface area (TPSA) is 12.0 Å². The third kappa shape index (κ3) is 1.75. The van der Waals surface area contributed by atoms with E-state index in [-0.39, 0.29) is 0 Å². The number of nitrogens with one attached hydrogen (secondary N) is 1. The van der Waals surface area contributed by atoms with Gasteiger partial charge in [-0.3, -0.25) is 0 Å². The van der Waals surface area contributed by atoms with E-state index in [1.54, 1.807) is 0 Å². The fraction of sp³-hybridized carbons (Fsp3) is 0.400. The van der Waals surface area contributed by atoms with Gasteiger partial charge in [0.05, 0.1) is 0 Å². The van der Waals surface area contributed by atoms with Crippen molar-refractivity contribution in [1.82, 2.24) is 5.32 Å². The zero-order valence-electron chi connectivity index (χ0n) is 7.05. The maximum absolute atomic E-state index is 3.21. The molecule has 12 heavy (non-hydrogen) atoms. The minimum absolute atomic E-state index is 0.956. The molecule has 2 aliphatic rings. The molecule has 64 valence electrons. The van der Waals surface area contributed by atoms with Crippen molar-refractivity contribution in [3.8, 4) is 0 Å². The van der Waals surface area contributed by atoms with Gasteiger partial charge in [-0.25, -0.2) is 0 Å². The second kappa shape index (κ2) is 3.85. The summed E-state index contributed by atoms with van der Waals surface area (Å²) in [5.74, 6) is 1.27. The molecule has 0 aromatic heterocycles. The standard InChI is InChI=1S/C10H13NS/c1-3-9-4-2-8-12-10(9)5-7-11-6-1/h1,3,5,7,11H,2,4,6,8H2/b3-1+,7-5?. The van der Waals surface area contributed by atoms with Crippen molar-refractivity contribution in [2.24, 2.45) is 0 Å². The Morgan fingerprint density at radius 3 is 3.33 bits per heavy atom. The molecule has 0 bridgehead atoms. The first-order chi connectivity index (χ1) is 5.97. The summed E-state index contributed by atoms with van der Waals surface area (Å²) in [6.45, 7) is 0.956. The highest BCUT2D eigenvalue weighted by atomic mass is 32.2. The van der Waals surface area contributed by atoms with Crippen molar-refractivity contribution >= 4 is 11.8 Å². The average molecular weight is 179 g/mol. The summed E-state index contributed by atoms with van der Waals surface area (Å²) in [4.78, 5) is 1.45. The predicted molar refractivity (Wildman–Crippen MR) is 55.0 cm³/mol. The van der Waals surface area contributed by atoms with Gasteiger partial charge in [0.15, 0.2) is 0 Å². The Morgan fingerprint density at radius 2 is 2.33 bits per heavy atom. The van der Waals surface area contributed by atoms with Gasteiger partial charge in [-0.15, -0.1) is 11.8 Å². The van der Waals surface area contributed by atoms with Crippen molar-refractivity contribution in [3.05, 3.63) is 34.9 Å². The fourth-order valence-corrected chi connectivity index (χ4v) is 2.48. The molecule has 1 nitrogen and oxygen atoms in total. The molecule has 0 fully saturated rings. The zero-order valence-corrected chi connectivity index (χ0v) is 7.86. The molecule has 0 radical (unpaired) electrons. The van der Waals surface area contributed by atoms with Crippen LogP contribution >= 0.6 is 11.8 Å². The highest BCUT2D eigenvalue weighted by Crippen LogP contribution is 2.31. The molecule has 0 aromatic rings. The number of hydrogen-bond donors (Lipinski definition) is 1. The molecule has 0 amide bonds. The van der Waals surface area contributed by atoms with Crippen LogP contribution in [0.4, 0.5) is 0 Å². The molecule has 2 rings (SSSR count). The predicted octanol–water partition coefficient (Wildman–Crippen LogP) is 2.44. The molecule has 2 heteroatoms. The number of rotatable bonds is 0. The van der Waals surface area contributed by atoms with E-state index in [0.717, 1.165) is 6.54 Å². The summed E-state index contributed by atoms with van der Waals surface area (Å²) < 4.78 is 0. The lowest BCUT2D eigenvalue weighted by Crippen LogP contribution is -2.06. The average Bonchev–Trinajstić information content (AvgIpc) is 2.06. The van der Waals surface area contributed by atoms with E-state index in [0.29, 0.717) is 0 Å². The third-order valence-electron chi connectivity index (χ3n) is 2.07. The SMILES string of the molecule is C1=CC2=C(/C=C/CN1)CCCS2. The minimum atomic E-state index is 0.956. The lowest BCUT2D eigenvalue weighted by atomic mass is 10.1. The lowest BCUT2D eigenvalue weighted by molar-refractivity contribution is 0.913. The highest BCUT2D eigenvalue weighted by Gasteiger charge is 2.08. The first-order valence-corrected chi connectivity index (χ1v) is 5.38. The monoisotopic (exact) mass is 179 g/mol. The van der Waals surface area contributed by atoms with Crippen LogP contribution in [-0.2, 0) is 0 Å². The third-order valence-corrected chi connectivity index (χ3v) is 3.27. The van der Waals surface area contributed by atoms with Crippen LogP contribution in [0.3, 0.4) is 0 Å². The molecule has 0 atom stereocenters. The Morgan fingerprint density at radius 1 is 1.33 bits per heavy atom. The summed E-state index contributed by atoms with van der Waals surface area (Å²) in [6, 6.07) is 0. The summed E-state index contributed by atoms with van der Waals surface area (Å²) in [5, 5.41) is 3.21. The molecular formula is C10H13NS. The largest absolute Gasteiger partial charge is 0.387 e. The van der Waals surface area contributed by atoms with E-state index >= 15 is 0 Å². The van der Waals surface area contributed by atoms with Crippen molar-refractivity contribution in [2.45, 2.75) is 12.8 Å². The second-order valence-corrected chi connectivity index (χ2v) is 4.12. The zero-order chi connectivity index (χ0) is 8.23. The van der Waals surface area contributed by atoms with E-state index in [1.807, 2.05) is 11.8 Å². The first kappa shape index (κ1) is 7.99. The van der Waals surface area contributed by atoms with Gasteiger partial charge in [0, 0.05) is 11.4 Å². The van der Waals surface area contributed by atoms with Crippen LogP contribution in [0.1, 0.15) is 12.8 Å². The molecule has 0 spiro atoms. The fourth-order valence-electron chi connectivity index (χ4n) is 1.45. The van der Waals surface area contributed by atoms with E-state index in [2.05, 4.69) is 29.7 Å². The number of thioether (sulfide) groups is 1. The van der Waals surface area contributed by atoms with E-state index in [4.69, 9.17) is 0 Å². The van der Waals surface area contributed by atoms with Crippen LogP contribution in [0.15, 0.2) is 34.9 Å². The molecular weight excluding hydrogens is 166 g/mol. The number of hydrogen-bond acceptors (Lipinski definition) is 2. The summed E-state index contributed by atoms with van der Waals surface area (Å²) in [5.41, 5.74) is 1.52. The molecule has 0 unspecified atom stereocenters. The van der Waals surface area contributed by atoms with Gasteiger partial charge in [0.2, 0.25) is 0 Å². The Labute approximate surface area is 77.6 Å². The summed E-state index contributed by atoms with van der Waals surface area (Å²) in [6.07, 6.45) is 11.3. The van der Waals surface area contributed by atoms with Gasteiger partial charge in [0.1, 0.15) is 0 Å². The maximum Gasteiger partial charge on any atom is 0.0328 e. The Kier molecular flexibility index (Phi) is 2.57. The summed E-state index contributed by atoms with van der Waals surface area (Å²) >= 11 is 1.97. The Hall–Kier alpha value is -0.630. The van der Waals surface area contributed by atoms with Gasteiger partial charge in [-0.05, 0) is 36.4 Å². The normalized spacial score (nSPS) is 25.3. The van der Waals surface area contributed by atoms with Crippen LogP contribution in [-0.4, -0.2) is 12.3 Å². The Balaban J connectivity index is 2.27. The van der Waals surface area contributed by atoms with E-state index < -0.39 is 0 Å². The van der Waals surface area contributed by atoms with Crippen LogP contribution < -0.4 is 5.32 Å². The molecule has 1 N–H and O–H groups in total. The molecule has 0 saturated carbocycles. The van der Waals surface area contributed by atoms with Gasteiger partial charge < -0.3 is 5.32 Å². The maximum atomic E-state index is 3.21. The first-order valence-electron chi connectivity index (χ1n) is 4.39. The van der Waals surface area contributed by atoms with Crippen LogP contribution in [0.2, 0.25) is 0 Å². The van der Waals surface area contributed by atoms with E-state index in [9.17, 15) is 0 Å². The van der Waals surface area contributed by atoms with Crippen molar-refractivity contribution in [1.29, 1.82) is 0 Å².